The summed E-state index contributed by atoms with van der Waals surface area (Å²) in [7, 11) is 0. The van der Waals surface area contributed by atoms with Crippen molar-refractivity contribution < 1.29 is 0 Å². The molecule has 424 valence electrons. The number of fused-ring (bicyclic) bond motifs is 5. The van der Waals surface area contributed by atoms with Crippen molar-refractivity contribution in [1.29, 1.82) is 0 Å². The summed E-state index contributed by atoms with van der Waals surface area (Å²) >= 11 is 0. The first kappa shape index (κ1) is 63.0. The Balaban J connectivity index is 0.000000339. The number of hydrogen-bond donors (Lipinski definition) is 1. The second-order valence-corrected chi connectivity index (χ2v) is 25.2. The molecular formula is C79H103N. The maximum absolute atomic E-state index is 7.01. The van der Waals surface area contributed by atoms with Crippen LogP contribution in [0.2, 0.25) is 0 Å². The van der Waals surface area contributed by atoms with Gasteiger partial charge < -0.3 is 5.73 Å². The molecule has 2 N–H and O–H groups in total. The zero-order valence-electron chi connectivity index (χ0n) is 52.7. The van der Waals surface area contributed by atoms with E-state index in [4.69, 9.17) is 5.73 Å². The highest BCUT2D eigenvalue weighted by atomic mass is 14.6. The van der Waals surface area contributed by atoms with Crippen LogP contribution in [-0.4, -0.2) is 0 Å². The molecule has 1 aliphatic rings. The van der Waals surface area contributed by atoms with Crippen LogP contribution in [0.15, 0.2) is 164 Å². The molecule has 0 heterocycles. The molecular weight excluding hydrogens is 963 g/mol. The zero-order chi connectivity index (χ0) is 58.2. The topological polar surface area (TPSA) is 26.0 Å². The monoisotopic (exact) mass is 1070 g/mol. The molecule has 0 amide bonds. The minimum Gasteiger partial charge on any atom is -0.398 e. The van der Waals surface area contributed by atoms with Crippen molar-refractivity contribution in [3.63, 3.8) is 0 Å². The van der Waals surface area contributed by atoms with Crippen LogP contribution >= 0.6 is 0 Å². The molecule has 0 saturated heterocycles. The Hall–Kier alpha value is -6.18. The molecule has 0 aromatic heterocycles. The van der Waals surface area contributed by atoms with Crippen LogP contribution in [0.4, 0.5) is 5.69 Å². The summed E-state index contributed by atoms with van der Waals surface area (Å²) in [6, 6.07) is 49.6. The van der Waals surface area contributed by atoms with Crippen molar-refractivity contribution in [2.45, 2.75) is 210 Å². The fourth-order valence-electron chi connectivity index (χ4n) is 12.1. The van der Waals surface area contributed by atoms with Crippen molar-refractivity contribution in [2.75, 3.05) is 5.73 Å². The van der Waals surface area contributed by atoms with Crippen molar-refractivity contribution in [1.82, 2.24) is 0 Å². The summed E-state index contributed by atoms with van der Waals surface area (Å²) in [4.78, 5) is 0. The van der Waals surface area contributed by atoms with Crippen LogP contribution in [-0.2, 0) is 17.3 Å². The lowest BCUT2D eigenvalue weighted by molar-refractivity contribution is 0.400. The molecule has 1 atom stereocenters. The molecule has 1 nitrogen and oxygen atoms in total. The van der Waals surface area contributed by atoms with Crippen LogP contribution in [0.25, 0.3) is 49.4 Å². The van der Waals surface area contributed by atoms with Crippen LogP contribution in [0.1, 0.15) is 236 Å². The molecule has 0 bridgehead atoms. The molecule has 0 radical (unpaired) electrons. The van der Waals surface area contributed by atoms with Gasteiger partial charge in [-0.2, -0.15) is 0 Å². The summed E-state index contributed by atoms with van der Waals surface area (Å²) in [5.41, 5.74) is 28.9. The second-order valence-electron chi connectivity index (χ2n) is 25.2. The standard InChI is InChI=1S/C54H79N.C23H18.C2H6/c1-14-17-19-21-34-54(35-22-20-18-15-2)49-36-43(28-30-47(49)48-31-29-44(37-50(48)54)53(11,12)13)38(4)25-27-42(23-16-3)46-33-32-45(41(7)51(46)55)39(5)24-26-40(6)52(8,9)10;1-17(21-15-7-11-19-9-3-5-14-23(19)21)16-20-12-6-10-18-8-2-4-13-22(18)20;1-2/h25-33,36-37,39H,14-24,34-35,55H2,1-13H3;2-15H,1,16H2;1-2H3/b38-25+,40-26+,42-27+;;. The summed E-state index contributed by atoms with van der Waals surface area (Å²) in [6.07, 6.45) is 24.0. The Morgan fingerprint density at radius 1 is 0.613 bits per heavy atom. The molecule has 0 spiro atoms. The first-order valence-electron chi connectivity index (χ1n) is 31.2. The Bertz CT molecular complexity index is 3240. The average molecular weight is 1070 g/mol. The molecule has 1 heteroatoms. The normalized spacial score (nSPS) is 13.8. The van der Waals surface area contributed by atoms with Gasteiger partial charge in [0, 0.05) is 16.7 Å². The number of nitrogen functional groups attached to an aromatic ring is 1. The smallest absolute Gasteiger partial charge is 0.0423 e. The quantitative estimate of drug-likeness (QED) is 0.0330. The largest absolute Gasteiger partial charge is 0.398 e. The minimum absolute atomic E-state index is 0.0685. The lowest BCUT2D eigenvalue weighted by atomic mass is 9.69. The van der Waals surface area contributed by atoms with Gasteiger partial charge in [0.1, 0.15) is 0 Å². The lowest BCUT2D eigenvalue weighted by Crippen LogP contribution is -2.26. The molecule has 1 aliphatic carbocycles. The zero-order valence-corrected chi connectivity index (χ0v) is 52.7. The number of benzene rings is 7. The minimum atomic E-state index is 0.0685. The molecule has 7 aromatic carbocycles. The van der Waals surface area contributed by atoms with Gasteiger partial charge in [-0.3, -0.25) is 0 Å². The molecule has 0 aliphatic heterocycles. The van der Waals surface area contributed by atoms with E-state index in [1.54, 1.807) is 11.1 Å². The first-order chi connectivity index (χ1) is 38.3. The molecule has 0 fully saturated rings. The first-order valence-corrected chi connectivity index (χ1v) is 31.2. The third-order valence-corrected chi connectivity index (χ3v) is 17.5. The molecule has 80 heavy (non-hydrogen) atoms. The van der Waals surface area contributed by atoms with E-state index in [0.717, 1.165) is 36.9 Å². The highest BCUT2D eigenvalue weighted by Gasteiger charge is 2.43. The van der Waals surface area contributed by atoms with Gasteiger partial charge in [-0.15, -0.1) is 0 Å². The van der Waals surface area contributed by atoms with Crippen molar-refractivity contribution >= 4 is 44.0 Å². The van der Waals surface area contributed by atoms with Crippen molar-refractivity contribution in [3.8, 4) is 11.1 Å². The molecule has 7 aromatic rings. The van der Waals surface area contributed by atoms with Gasteiger partial charge in [0.05, 0.1) is 0 Å². The van der Waals surface area contributed by atoms with E-state index in [2.05, 4.69) is 248 Å². The maximum Gasteiger partial charge on any atom is 0.0423 e. The fraction of sp³-hybridized carbons (Fsp3) is 0.418. The number of hydrogen-bond acceptors (Lipinski definition) is 1. The van der Waals surface area contributed by atoms with Crippen molar-refractivity contribution in [3.05, 3.63) is 214 Å². The Labute approximate surface area is 488 Å². The van der Waals surface area contributed by atoms with Gasteiger partial charge in [0.15, 0.2) is 0 Å². The van der Waals surface area contributed by atoms with Gasteiger partial charge in [-0.1, -0.05) is 299 Å². The average Bonchev–Trinajstić information content (AvgIpc) is 3.80. The molecule has 1 unspecified atom stereocenters. The van der Waals surface area contributed by atoms with E-state index < -0.39 is 0 Å². The van der Waals surface area contributed by atoms with E-state index in [-0.39, 0.29) is 16.2 Å². The van der Waals surface area contributed by atoms with Gasteiger partial charge in [0.25, 0.3) is 0 Å². The SMILES string of the molecule is C=C(Cc1cccc2ccccc12)c1cccc2ccccc12.CC.CCCCCCC1(CCCCCC)c2cc(/C(C)=C/C=C(\CCC)c3ccc(C(C)C/C=C(\C)C(C)(C)C)c(C)c3N)ccc2-c2ccc(C(C)(C)C)cc21. The van der Waals surface area contributed by atoms with Crippen LogP contribution in [0, 0.1) is 12.3 Å². The molecule has 0 saturated carbocycles. The molecule has 8 rings (SSSR count). The number of anilines is 1. The second kappa shape index (κ2) is 29.0. The third-order valence-electron chi connectivity index (χ3n) is 17.5. The Morgan fingerprint density at radius 3 is 1.80 bits per heavy atom. The number of allylic oxidation sites excluding steroid dienone is 7. The maximum atomic E-state index is 7.01. The van der Waals surface area contributed by atoms with Gasteiger partial charge in [0.2, 0.25) is 0 Å². The predicted octanol–water partition coefficient (Wildman–Crippen LogP) is 24.1. The predicted molar refractivity (Wildman–Crippen MR) is 359 cm³/mol. The number of rotatable bonds is 21. The number of unbranched alkanes of at least 4 members (excludes halogenated alkanes) is 6. The van der Waals surface area contributed by atoms with E-state index in [1.165, 1.54) is 153 Å². The Morgan fingerprint density at radius 2 is 1.19 bits per heavy atom. The van der Waals surface area contributed by atoms with Gasteiger partial charge in [-0.25, -0.2) is 0 Å². The summed E-state index contributed by atoms with van der Waals surface area (Å²) < 4.78 is 0. The van der Waals surface area contributed by atoms with E-state index in [1.807, 2.05) is 13.8 Å². The summed E-state index contributed by atoms with van der Waals surface area (Å²) in [6.45, 7) is 38.4. The van der Waals surface area contributed by atoms with Gasteiger partial charge in [-0.05, 0) is 170 Å². The van der Waals surface area contributed by atoms with E-state index in [9.17, 15) is 0 Å². The summed E-state index contributed by atoms with van der Waals surface area (Å²) in [5, 5.41) is 5.15. The van der Waals surface area contributed by atoms with Gasteiger partial charge >= 0.3 is 0 Å². The van der Waals surface area contributed by atoms with E-state index >= 15 is 0 Å². The fourth-order valence-corrected chi connectivity index (χ4v) is 12.1. The van der Waals surface area contributed by atoms with Crippen LogP contribution in [0.5, 0.6) is 0 Å². The highest BCUT2D eigenvalue weighted by molar-refractivity contribution is 5.95. The summed E-state index contributed by atoms with van der Waals surface area (Å²) in [5.74, 6) is 0.422. The van der Waals surface area contributed by atoms with Crippen molar-refractivity contribution in [2.24, 2.45) is 5.41 Å². The van der Waals surface area contributed by atoms with Crippen LogP contribution in [0.3, 0.4) is 0 Å². The van der Waals surface area contributed by atoms with Crippen LogP contribution < -0.4 is 5.73 Å². The Kier molecular flexibility index (Phi) is 22.8. The van der Waals surface area contributed by atoms with E-state index in [0.29, 0.717) is 5.92 Å². The highest BCUT2D eigenvalue weighted by Crippen LogP contribution is 2.55. The lowest BCUT2D eigenvalue weighted by Gasteiger charge is -2.34. The third kappa shape index (κ3) is 15.2. The number of nitrogens with two attached hydrogens (primary N) is 1.